The highest BCUT2D eigenvalue weighted by Gasteiger charge is 2.25. The number of carboxylic acids is 1. The van der Waals surface area contributed by atoms with Crippen LogP contribution in [0.5, 0.6) is 0 Å². The highest BCUT2D eigenvalue weighted by atomic mass is 16.5. The first-order valence-electron chi connectivity index (χ1n) is 3.61. The number of hydrogen-bond acceptors (Lipinski definition) is 2. The fourth-order valence-electron chi connectivity index (χ4n) is 1.39. The van der Waals surface area contributed by atoms with E-state index in [1.807, 2.05) is 0 Å². The predicted octanol–water partition coefficient (Wildman–Crippen LogP) is 0.622. The Morgan fingerprint density at radius 1 is 1.40 bits per heavy atom. The third kappa shape index (κ3) is 1.70. The average Bonchev–Trinajstić information content (AvgIpc) is 1.88. The van der Waals surface area contributed by atoms with Crippen LogP contribution >= 0.6 is 0 Å². The van der Waals surface area contributed by atoms with Crippen LogP contribution in [-0.2, 0) is 4.79 Å². The molecule has 1 fully saturated rings. The quantitative estimate of drug-likeness (QED) is 0.532. The third-order valence-corrected chi connectivity index (χ3v) is 2.00. The first-order chi connectivity index (χ1) is 4.70. The Balaban J connectivity index is 2.39. The van der Waals surface area contributed by atoms with Crippen LogP contribution in [0.15, 0.2) is 0 Å². The molecule has 3 heteroatoms. The van der Waals surface area contributed by atoms with E-state index in [-0.39, 0.29) is 12.0 Å². The maximum absolute atomic E-state index is 10.4. The minimum atomic E-state index is -0.765. The molecule has 0 unspecified atom stereocenters. The molecule has 0 heterocycles. The fraction of sp³-hybridized carbons (Fsp3) is 0.857. The summed E-state index contributed by atoms with van der Waals surface area (Å²) < 4.78 is 0. The number of carboxylic acid groups (broad SMARTS) is 1. The van der Waals surface area contributed by atoms with Gasteiger partial charge < -0.3 is 10.2 Å². The van der Waals surface area contributed by atoms with Gasteiger partial charge in [0.1, 0.15) is 0 Å². The van der Waals surface area contributed by atoms with Crippen LogP contribution in [0.2, 0.25) is 0 Å². The molecule has 0 aromatic rings. The normalized spacial score (nSPS) is 33.7. The van der Waals surface area contributed by atoms with Gasteiger partial charge in [-0.2, -0.15) is 0 Å². The molecule has 0 aliphatic heterocycles. The molecule has 0 aromatic carbocycles. The zero-order chi connectivity index (χ0) is 7.56. The summed E-state index contributed by atoms with van der Waals surface area (Å²) in [5.74, 6) is -1.07. The van der Waals surface area contributed by atoms with Crippen LogP contribution < -0.4 is 0 Å². The molecular weight excluding hydrogens is 133 g/mol. The standard InChI is InChI=1S/C7H12O3/c8-6-3-1-2-5(4-6)7(9)10/h5-6,8H,1-4H2,(H,9,10)/t5-,6+/m1/s1/i7+1. The van der Waals surface area contributed by atoms with E-state index in [0.29, 0.717) is 6.42 Å². The van der Waals surface area contributed by atoms with Gasteiger partial charge in [-0.15, -0.1) is 0 Å². The predicted molar refractivity (Wildman–Crippen MR) is 35.6 cm³/mol. The van der Waals surface area contributed by atoms with Gasteiger partial charge in [-0.05, 0) is 19.3 Å². The van der Waals surface area contributed by atoms with Crippen molar-refractivity contribution in [2.45, 2.75) is 31.8 Å². The van der Waals surface area contributed by atoms with Crippen molar-refractivity contribution in [3.63, 3.8) is 0 Å². The molecule has 1 aliphatic carbocycles. The van der Waals surface area contributed by atoms with Gasteiger partial charge in [0.2, 0.25) is 0 Å². The molecule has 10 heavy (non-hydrogen) atoms. The molecule has 0 aromatic heterocycles. The average molecular weight is 145 g/mol. The number of rotatable bonds is 1. The first-order valence-corrected chi connectivity index (χ1v) is 3.61. The van der Waals surface area contributed by atoms with Crippen molar-refractivity contribution >= 4 is 5.97 Å². The van der Waals surface area contributed by atoms with Gasteiger partial charge in [0.25, 0.3) is 0 Å². The largest absolute Gasteiger partial charge is 0.481 e. The maximum Gasteiger partial charge on any atom is 0.306 e. The number of aliphatic carboxylic acids is 1. The molecule has 1 saturated carbocycles. The molecule has 2 N–H and O–H groups in total. The highest BCUT2D eigenvalue weighted by Crippen LogP contribution is 2.23. The van der Waals surface area contributed by atoms with Gasteiger partial charge in [-0.25, -0.2) is 0 Å². The molecule has 1 aliphatic rings. The smallest absolute Gasteiger partial charge is 0.306 e. The molecule has 0 saturated heterocycles. The van der Waals surface area contributed by atoms with Gasteiger partial charge in [-0.1, -0.05) is 6.42 Å². The Hall–Kier alpha value is -0.570. The third-order valence-electron chi connectivity index (χ3n) is 2.00. The Morgan fingerprint density at radius 2 is 2.10 bits per heavy atom. The van der Waals surface area contributed by atoms with Crippen molar-refractivity contribution in [1.82, 2.24) is 0 Å². The lowest BCUT2D eigenvalue weighted by molar-refractivity contribution is -0.144. The molecule has 0 spiro atoms. The number of aliphatic hydroxyl groups excluding tert-OH is 1. The second-order valence-electron chi connectivity index (χ2n) is 2.86. The molecule has 58 valence electrons. The Kier molecular flexibility index (Phi) is 2.27. The molecule has 0 amide bonds. The number of aliphatic hydroxyl groups is 1. The minimum Gasteiger partial charge on any atom is -0.481 e. The molecule has 0 bridgehead atoms. The van der Waals surface area contributed by atoms with E-state index in [1.54, 1.807) is 0 Å². The van der Waals surface area contributed by atoms with Crippen LogP contribution in [0.4, 0.5) is 0 Å². The van der Waals surface area contributed by atoms with Crippen molar-refractivity contribution in [3.05, 3.63) is 0 Å². The van der Waals surface area contributed by atoms with Gasteiger partial charge in [0.05, 0.1) is 12.0 Å². The van der Waals surface area contributed by atoms with E-state index in [2.05, 4.69) is 0 Å². The number of carbonyl (C=O) groups is 1. The van der Waals surface area contributed by atoms with Crippen molar-refractivity contribution in [3.8, 4) is 0 Å². The summed E-state index contributed by atoms with van der Waals surface area (Å²) in [5, 5.41) is 17.6. The summed E-state index contributed by atoms with van der Waals surface area (Å²) in [5.41, 5.74) is 0. The zero-order valence-corrected chi connectivity index (χ0v) is 5.79. The summed E-state index contributed by atoms with van der Waals surface area (Å²) in [6.07, 6.45) is 2.40. The van der Waals surface area contributed by atoms with Crippen molar-refractivity contribution in [2.75, 3.05) is 0 Å². The van der Waals surface area contributed by atoms with Crippen molar-refractivity contribution in [1.29, 1.82) is 0 Å². The molecular formula is C7H12O3. The van der Waals surface area contributed by atoms with Gasteiger partial charge in [0, 0.05) is 0 Å². The van der Waals surface area contributed by atoms with Gasteiger partial charge in [-0.3, -0.25) is 4.79 Å². The summed E-state index contributed by atoms with van der Waals surface area (Å²) in [6.45, 7) is 0. The molecule has 1 rings (SSSR count). The monoisotopic (exact) mass is 145 g/mol. The second-order valence-corrected chi connectivity index (χ2v) is 2.86. The highest BCUT2D eigenvalue weighted by molar-refractivity contribution is 5.70. The van der Waals surface area contributed by atoms with Crippen LogP contribution in [0, 0.1) is 5.92 Å². The van der Waals surface area contributed by atoms with Crippen LogP contribution in [0.25, 0.3) is 0 Å². The SMILES string of the molecule is O=[13C](O)[C@@H]1CCC[C@H](O)C1. The minimum absolute atomic E-state index is 0.302. The zero-order valence-electron chi connectivity index (χ0n) is 5.79. The van der Waals surface area contributed by atoms with Gasteiger partial charge >= 0.3 is 5.97 Å². The van der Waals surface area contributed by atoms with Crippen LogP contribution in [0.1, 0.15) is 25.7 Å². The lowest BCUT2D eigenvalue weighted by Gasteiger charge is -2.21. The summed E-state index contributed by atoms with van der Waals surface area (Å²) in [4.78, 5) is 10.4. The van der Waals surface area contributed by atoms with E-state index in [9.17, 15) is 4.79 Å². The maximum atomic E-state index is 10.4. The van der Waals surface area contributed by atoms with Gasteiger partial charge in [0.15, 0.2) is 0 Å². The number of hydrogen-bond donors (Lipinski definition) is 2. The summed E-state index contributed by atoms with van der Waals surface area (Å²) in [6, 6.07) is 0. The summed E-state index contributed by atoms with van der Waals surface area (Å²) >= 11 is 0. The Morgan fingerprint density at radius 3 is 2.50 bits per heavy atom. The Bertz CT molecular complexity index is 133. The summed E-state index contributed by atoms with van der Waals surface area (Å²) in [7, 11) is 0. The first kappa shape index (κ1) is 7.54. The van der Waals surface area contributed by atoms with Crippen molar-refractivity contribution < 1.29 is 15.0 Å². The lowest BCUT2D eigenvalue weighted by Crippen LogP contribution is -2.25. The Labute approximate surface area is 59.7 Å². The lowest BCUT2D eigenvalue weighted by atomic mass is 9.92. The molecule has 0 radical (unpaired) electrons. The van der Waals surface area contributed by atoms with Crippen LogP contribution in [0.3, 0.4) is 0 Å². The molecule has 3 nitrogen and oxygen atoms in total. The van der Waals surface area contributed by atoms with E-state index >= 15 is 0 Å². The van der Waals surface area contributed by atoms with E-state index in [0.717, 1.165) is 19.3 Å². The van der Waals surface area contributed by atoms with Crippen LogP contribution in [-0.4, -0.2) is 22.3 Å². The van der Waals surface area contributed by atoms with E-state index < -0.39 is 5.97 Å². The topological polar surface area (TPSA) is 57.5 Å². The second kappa shape index (κ2) is 3.01. The van der Waals surface area contributed by atoms with Crippen molar-refractivity contribution in [2.24, 2.45) is 5.92 Å². The van der Waals surface area contributed by atoms with E-state index in [4.69, 9.17) is 10.2 Å². The fourth-order valence-corrected chi connectivity index (χ4v) is 1.39. The van der Waals surface area contributed by atoms with E-state index in [1.165, 1.54) is 0 Å². The molecule has 2 atom stereocenters.